The van der Waals surface area contributed by atoms with Gasteiger partial charge in [0.1, 0.15) is 6.10 Å². The van der Waals surface area contributed by atoms with Gasteiger partial charge in [-0.1, -0.05) is 6.92 Å². The number of ketones is 1. The Morgan fingerprint density at radius 1 is 1.56 bits per heavy atom. The Labute approximate surface area is 108 Å². The van der Waals surface area contributed by atoms with E-state index in [0.29, 0.717) is 19.0 Å². The first kappa shape index (κ1) is 13.2. The van der Waals surface area contributed by atoms with Crippen LogP contribution in [0.1, 0.15) is 30.9 Å². The average molecular weight is 251 g/mol. The minimum atomic E-state index is -0.363. The molecule has 0 radical (unpaired) electrons. The third-order valence-corrected chi connectivity index (χ3v) is 3.26. The van der Waals surface area contributed by atoms with Crippen LogP contribution in [-0.4, -0.2) is 52.6 Å². The van der Waals surface area contributed by atoms with Gasteiger partial charge in [-0.2, -0.15) is 0 Å². The SMILES string of the molecule is CCCN1CCOC(C(=O)c2nccn2CC)C1. The molecule has 1 fully saturated rings. The maximum atomic E-state index is 12.4. The van der Waals surface area contributed by atoms with Crippen LogP contribution in [0, 0.1) is 0 Å². The highest BCUT2D eigenvalue weighted by Gasteiger charge is 2.29. The molecule has 5 heteroatoms. The Morgan fingerprint density at radius 2 is 2.39 bits per heavy atom. The van der Waals surface area contributed by atoms with Crippen molar-refractivity contribution in [2.24, 2.45) is 0 Å². The summed E-state index contributed by atoms with van der Waals surface area (Å²) in [5.74, 6) is 0.517. The van der Waals surface area contributed by atoms with Crippen molar-refractivity contribution in [1.82, 2.24) is 14.5 Å². The number of hydrogen-bond acceptors (Lipinski definition) is 4. The van der Waals surface area contributed by atoms with Gasteiger partial charge < -0.3 is 9.30 Å². The number of carbonyl (C=O) groups is 1. The van der Waals surface area contributed by atoms with Crippen molar-refractivity contribution in [3.05, 3.63) is 18.2 Å². The number of hydrogen-bond donors (Lipinski definition) is 0. The zero-order valence-corrected chi connectivity index (χ0v) is 11.1. The molecule has 1 unspecified atom stereocenters. The van der Waals surface area contributed by atoms with Crippen LogP contribution in [0.3, 0.4) is 0 Å². The van der Waals surface area contributed by atoms with Crippen LogP contribution < -0.4 is 0 Å². The van der Waals surface area contributed by atoms with E-state index in [1.807, 2.05) is 17.7 Å². The van der Waals surface area contributed by atoms with Gasteiger partial charge in [-0.15, -0.1) is 0 Å². The van der Waals surface area contributed by atoms with Gasteiger partial charge in [0.25, 0.3) is 0 Å². The Kier molecular flexibility index (Phi) is 4.49. The van der Waals surface area contributed by atoms with Gasteiger partial charge in [-0.05, 0) is 19.9 Å². The van der Waals surface area contributed by atoms with Gasteiger partial charge >= 0.3 is 0 Å². The highest BCUT2D eigenvalue weighted by molar-refractivity contribution is 5.96. The predicted molar refractivity (Wildman–Crippen MR) is 68.7 cm³/mol. The van der Waals surface area contributed by atoms with Gasteiger partial charge in [0, 0.05) is 32.0 Å². The fraction of sp³-hybridized carbons (Fsp3) is 0.692. The fourth-order valence-corrected chi connectivity index (χ4v) is 2.31. The molecule has 2 heterocycles. The second-order valence-corrected chi connectivity index (χ2v) is 4.56. The summed E-state index contributed by atoms with van der Waals surface area (Å²) >= 11 is 0. The van der Waals surface area contributed by atoms with Crippen LogP contribution in [0.4, 0.5) is 0 Å². The standard InChI is InChI=1S/C13H21N3O2/c1-3-6-15-8-9-18-11(10-15)12(17)13-14-5-7-16(13)4-2/h5,7,11H,3-4,6,8-10H2,1-2H3. The summed E-state index contributed by atoms with van der Waals surface area (Å²) in [5, 5.41) is 0. The molecule has 0 N–H and O–H groups in total. The van der Waals surface area contributed by atoms with E-state index in [1.165, 1.54) is 0 Å². The molecule has 0 saturated carbocycles. The summed E-state index contributed by atoms with van der Waals surface area (Å²) in [7, 11) is 0. The molecule has 1 saturated heterocycles. The van der Waals surface area contributed by atoms with Crippen molar-refractivity contribution in [3.63, 3.8) is 0 Å². The van der Waals surface area contributed by atoms with E-state index < -0.39 is 0 Å². The first-order valence-corrected chi connectivity index (χ1v) is 6.65. The molecular weight excluding hydrogens is 230 g/mol. The molecular formula is C13H21N3O2. The van der Waals surface area contributed by atoms with Gasteiger partial charge in [0.05, 0.1) is 6.61 Å². The summed E-state index contributed by atoms with van der Waals surface area (Å²) in [4.78, 5) is 18.8. The number of ether oxygens (including phenoxy) is 1. The third kappa shape index (κ3) is 2.79. The minimum Gasteiger partial charge on any atom is -0.367 e. The van der Waals surface area contributed by atoms with E-state index in [0.717, 1.165) is 26.1 Å². The first-order chi connectivity index (χ1) is 8.76. The predicted octanol–water partition coefficient (Wildman–Crippen LogP) is 1.20. The number of Topliss-reactive ketones (excluding diaryl/α,β-unsaturated/α-hetero) is 1. The van der Waals surface area contributed by atoms with Gasteiger partial charge in [0.15, 0.2) is 5.82 Å². The van der Waals surface area contributed by atoms with Crippen LogP contribution in [0.25, 0.3) is 0 Å². The molecule has 5 nitrogen and oxygen atoms in total. The van der Waals surface area contributed by atoms with Crippen LogP contribution in [0.2, 0.25) is 0 Å². The molecule has 0 aliphatic carbocycles. The molecule has 1 aliphatic heterocycles. The van der Waals surface area contributed by atoms with E-state index in [-0.39, 0.29) is 11.9 Å². The van der Waals surface area contributed by atoms with E-state index in [4.69, 9.17) is 4.74 Å². The molecule has 18 heavy (non-hydrogen) atoms. The quantitative estimate of drug-likeness (QED) is 0.738. The Hall–Kier alpha value is -1.20. The molecule has 0 spiro atoms. The number of carbonyl (C=O) groups excluding carboxylic acids is 1. The summed E-state index contributed by atoms with van der Waals surface area (Å²) in [6, 6.07) is 0. The summed E-state index contributed by atoms with van der Waals surface area (Å²) in [5.41, 5.74) is 0. The van der Waals surface area contributed by atoms with E-state index in [2.05, 4.69) is 16.8 Å². The van der Waals surface area contributed by atoms with Crippen molar-refractivity contribution < 1.29 is 9.53 Å². The second-order valence-electron chi connectivity index (χ2n) is 4.56. The van der Waals surface area contributed by atoms with Crippen LogP contribution in [-0.2, 0) is 11.3 Å². The zero-order chi connectivity index (χ0) is 13.0. The molecule has 2 rings (SSSR count). The molecule has 0 amide bonds. The monoisotopic (exact) mass is 251 g/mol. The van der Waals surface area contributed by atoms with Crippen LogP contribution >= 0.6 is 0 Å². The maximum Gasteiger partial charge on any atom is 0.228 e. The highest BCUT2D eigenvalue weighted by atomic mass is 16.5. The largest absolute Gasteiger partial charge is 0.367 e. The number of nitrogens with zero attached hydrogens (tertiary/aromatic N) is 3. The topological polar surface area (TPSA) is 47.4 Å². The van der Waals surface area contributed by atoms with Gasteiger partial charge in [-0.25, -0.2) is 4.98 Å². The van der Waals surface area contributed by atoms with E-state index in [1.54, 1.807) is 6.20 Å². The van der Waals surface area contributed by atoms with Crippen LogP contribution in [0.15, 0.2) is 12.4 Å². The lowest BCUT2D eigenvalue weighted by Gasteiger charge is -2.31. The highest BCUT2D eigenvalue weighted by Crippen LogP contribution is 2.11. The molecule has 0 aromatic carbocycles. The molecule has 0 bridgehead atoms. The summed E-state index contributed by atoms with van der Waals surface area (Å²) < 4.78 is 7.46. The van der Waals surface area contributed by atoms with E-state index >= 15 is 0 Å². The summed E-state index contributed by atoms with van der Waals surface area (Å²) in [6.07, 6.45) is 4.24. The fourth-order valence-electron chi connectivity index (χ4n) is 2.31. The Morgan fingerprint density at radius 3 is 3.11 bits per heavy atom. The molecule has 1 aromatic heterocycles. The average Bonchev–Trinajstić information content (AvgIpc) is 2.87. The minimum absolute atomic E-state index is 0.00246. The van der Waals surface area contributed by atoms with Crippen molar-refractivity contribution in [1.29, 1.82) is 0 Å². The number of aromatic nitrogens is 2. The van der Waals surface area contributed by atoms with Crippen molar-refractivity contribution >= 4 is 5.78 Å². The third-order valence-electron chi connectivity index (χ3n) is 3.26. The second kappa shape index (κ2) is 6.11. The molecule has 1 aliphatic rings. The Bertz CT molecular complexity index is 401. The Balaban J connectivity index is 2.04. The lowest BCUT2D eigenvalue weighted by atomic mass is 10.1. The summed E-state index contributed by atoms with van der Waals surface area (Å²) in [6.45, 7) is 8.16. The number of imidazole rings is 1. The first-order valence-electron chi connectivity index (χ1n) is 6.65. The van der Waals surface area contributed by atoms with Crippen LogP contribution in [0.5, 0.6) is 0 Å². The molecule has 1 atom stereocenters. The normalized spacial score (nSPS) is 21.1. The van der Waals surface area contributed by atoms with Crippen molar-refractivity contribution in [2.45, 2.75) is 32.9 Å². The van der Waals surface area contributed by atoms with Crippen molar-refractivity contribution in [3.8, 4) is 0 Å². The van der Waals surface area contributed by atoms with Gasteiger partial charge in [-0.3, -0.25) is 9.69 Å². The van der Waals surface area contributed by atoms with Crippen molar-refractivity contribution in [2.75, 3.05) is 26.2 Å². The smallest absolute Gasteiger partial charge is 0.228 e. The number of morpholine rings is 1. The molecule has 100 valence electrons. The zero-order valence-electron chi connectivity index (χ0n) is 11.1. The van der Waals surface area contributed by atoms with Gasteiger partial charge in [0.2, 0.25) is 5.78 Å². The number of rotatable bonds is 5. The molecule has 1 aromatic rings. The van der Waals surface area contributed by atoms with E-state index in [9.17, 15) is 4.79 Å². The lowest BCUT2D eigenvalue weighted by molar-refractivity contribution is -0.0170. The maximum absolute atomic E-state index is 12.4. The number of aryl methyl sites for hydroxylation is 1. The lowest BCUT2D eigenvalue weighted by Crippen LogP contribution is -2.46.